The smallest absolute Gasteiger partial charge is 0.249 e. The Kier molecular flexibility index (Phi) is 4.43. The van der Waals surface area contributed by atoms with Crippen LogP contribution in [0.4, 0.5) is 5.69 Å². The molecule has 0 saturated carbocycles. The molecule has 0 aliphatic carbocycles. The Hall–Kier alpha value is -1.73. The summed E-state index contributed by atoms with van der Waals surface area (Å²) < 4.78 is 0.829. The number of halogens is 1. The monoisotopic (exact) mass is 353 g/mol. The summed E-state index contributed by atoms with van der Waals surface area (Å²) in [7, 11) is 0. The molecular weight excluding hydrogens is 338 g/mol. The zero-order valence-electron chi connectivity index (χ0n) is 11.8. The van der Waals surface area contributed by atoms with Gasteiger partial charge in [-0.05, 0) is 32.0 Å². The van der Waals surface area contributed by atoms with Crippen LogP contribution in [0.3, 0.4) is 0 Å². The quantitative estimate of drug-likeness (QED) is 0.798. The second-order valence-corrected chi connectivity index (χ2v) is 6.24. The standard InChI is InChI=1S/C14H16BrN3O3/c1-14(2)13(21)18(12(20)7-16-14)8-11(19)17-10-5-3-4-9(15)6-10/h3-6,16H,7-8H2,1-2H3,(H,17,19). The molecule has 3 amide bonds. The molecule has 2 rings (SSSR count). The molecule has 1 aliphatic heterocycles. The van der Waals surface area contributed by atoms with Gasteiger partial charge in [0.05, 0.1) is 12.1 Å². The number of hydrogen-bond donors (Lipinski definition) is 2. The molecule has 0 atom stereocenters. The maximum absolute atomic E-state index is 12.2. The molecule has 1 fully saturated rings. The molecule has 0 aromatic heterocycles. The zero-order chi connectivity index (χ0) is 15.6. The molecule has 1 aromatic rings. The SMILES string of the molecule is CC1(C)NCC(=O)N(CC(=O)Nc2cccc(Br)c2)C1=O. The van der Waals surface area contributed by atoms with Crippen LogP contribution >= 0.6 is 15.9 Å². The first-order chi connectivity index (χ1) is 9.79. The number of carbonyl (C=O) groups is 3. The number of carbonyl (C=O) groups excluding carboxylic acids is 3. The van der Waals surface area contributed by atoms with E-state index in [1.807, 2.05) is 6.07 Å². The van der Waals surface area contributed by atoms with E-state index in [1.165, 1.54) is 0 Å². The van der Waals surface area contributed by atoms with Crippen LogP contribution in [0, 0.1) is 0 Å². The summed E-state index contributed by atoms with van der Waals surface area (Å²) in [5.74, 6) is -1.21. The summed E-state index contributed by atoms with van der Waals surface area (Å²) in [5.41, 5.74) is -0.243. The second kappa shape index (κ2) is 5.95. The van der Waals surface area contributed by atoms with Crippen molar-refractivity contribution in [3.8, 4) is 0 Å². The molecule has 0 spiro atoms. The van der Waals surface area contributed by atoms with Crippen LogP contribution in [0.15, 0.2) is 28.7 Å². The van der Waals surface area contributed by atoms with E-state index in [9.17, 15) is 14.4 Å². The van der Waals surface area contributed by atoms with E-state index >= 15 is 0 Å². The Morgan fingerprint density at radius 1 is 1.43 bits per heavy atom. The molecule has 1 aliphatic rings. The molecule has 1 aromatic carbocycles. The molecule has 0 radical (unpaired) electrons. The Morgan fingerprint density at radius 2 is 2.14 bits per heavy atom. The third-order valence-electron chi connectivity index (χ3n) is 3.17. The largest absolute Gasteiger partial charge is 0.324 e. The minimum Gasteiger partial charge on any atom is -0.324 e. The fourth-order valence-corrected chi connectivity index (χ4v) is 2.39. The number of rotatable bonds is 3. The number of anilines is 1. The van der Waals surface area contributed by atoms with Gasteiger partial charge in [0, 0.05) is 10.2 Å². The van der Waals surface area contributed by atoms with Crippen molar-refractivity contribution in [2.45, 2.75) is 19.4 Å². The van der Waals surface area contributed by atoms with Crippen LogP contribution in [0.2, 0.25) is 0 Å². The van der Waals surface area contributed by atoms with Gasteiger partial charge in [-0.1, -0.05) is 22.0 Å². The highest BCUT2D eigenvalue weighted by Gasteiger charge is 2.40. The maximum Gasteiger partial charge on any atom is 0.249 e. The first kappa shape index (κ1) is 15.7. The van der Waals surface area contributed by atoms with E-state index in [0.717, 1.165) is 9.37 Å². The van der Waals surface area contributed by atoms with Gasteiger partial charge in [-0.15, -0.1) is 0 Å². The Labute approximate surface area is 131 Å². The van der Waals surface area contributed by atoms with Gasteiger partial charge < -0.3 is 5.32 Å². The van der Waals surface area contributed by atoms with Crippen molar-refractivity contribution in [3.05, 3.63) is 28.7 Å². The number of hydrogen-bond acceptors (Lipinski definition) is 4. The van der Waals surface area contributed by atoms with Crippen molar-refractivity contribution in [2.24, 2.45) is 0 Å². The van der Waals surface area contributed by atoms with Gasteiger partial charge in [-0.3, -0.25) is 24.6 Å². The summed E-state index contributed by atoms with van der Waals surface area (Å²) in [6.45, 7) is 3.13. The van der Waals surface area contributed by atoms with Crippen molar-refractivity contribution in [1.29, 1.82) is 0 Å². The highest BCUT2D eigenvalue weighted by Crippen LogP contribution is 2.16. The topological polar surface area (TPSA) is 78.5 Å². The maximum atomic E-state index is 12.2. The number of piperazine rings is 1. The van der Waals surface area contributed by atoms with Gasteiger partial charge in [0.25, 0.3) is 0 Å². The third kappa shape index (κ3) is 3.68. The number of benzene rings is 1. The van der Waals surface area contributed by atoms with Gasteiger partial charge in [0.15, 0.2) is 0 Å². The molecule has 0 bridgehead atoms. The van der Waals surface area contributed by atoms with Crippen LogP contribution in [0.1, 0.15) is 13.8 Å². The predicted molar refractivity (Wildman–Crippen MR) is 81.6 cm³/mol. The molecule has 7 heteroatoms. The van der Waals surface area contributed by atoms with E-state index in [-0.39, 0.29) is 13.1 Å². The van der Waals surface area contributed by atoms with E-state index in [2.05, 4.69) is 26.6 Å². The normalized spacial score (nSPS) is 17.8. The molecule has 112 valence electrons. The Bertz CT molecular complexity index is 601. The second-order valence-electron chi connectivity index (χ2n) is 5.32. The molecule has 2 N–H and O–H groups in total. The summed E-state index contributed by atoms with van der Waals surface area (Å²) >= 11 is 3.31. The average Bonchev–Trinajstić information content (AvgIpc) is 2.40. The zero-order valence-corrected chi connectivity index (χ0v) is 13.4. The van der Waals surface area contributed by atoms with Crippen molar-refractivity contribution >= 4 is 39.3 Å². The van der Waals surface area contributed by atoms with Crippen molar-refractivity contribution in [1.82, 2.24) is 10.2 Å². The van der Waals surface area contributed by atoms with E-state index in [4.69, 9.17) is 0 Å². The van der Waals surface area contributed by atoms with Gasteiger partial charge in [-0.25, -0.2) is 0 Å². The van der Waals surface area contributed by atoms with Crippen LogP contribution in [0.25, 0.3) is 0 Å². The lowest BCUT2D eigenvalue weighted by Gasteiger charge is -2.36. The lowest BCUT2D eigenvalue weighted by molar-refractivity contribution is -0.154. The third-order valence-corrected chi connectivity index (χ3v) is 3.67. The summed E-state index contributed by atoms with van der Waals surface area (Å²) in [4.78, 5) is 36.9. The van der Waals surface area contributed by atoms with Gasteiger partial charge in [-0.2, -0.15) is 0 Å². The average molecular weight is 354 g/mol. The lowest BCUT2D eigenvalue weighted by Crippen LogP contribution is -2.64. The molecular formula is C14H16BrN3O3. The molecule has 21 heavy (non-hydrogen) atoms. The summed E-state index contributed by atoms with van der Waals surface area (Å²) in [6.07, 6.45) is 0. The van der Waals surface area contributed by atoms with Crippen LogP contribution in [0.5, 0.6) is 0 Å². The van der Waals surface area contributed by atoms with Crippen LogP contribution in [-0.2, 0) is 14.4 Å². The fourth-order valence-electron chi connectivity index (χ4n) is 1.99. The van der Waals surface area contributed by atoms with Gasteiger partial charge in [0.2, 0.25) is 17.7 Å². The van der Waals surface area contributed by atoms with E-state index in [0.29, 0.717) is 5.69 Å². The van der Waals surface area contributed by atoms with Crippen molar-refractivity contribution < 1.29 is 14.4 Å². The van der Waals surface area contributed by atoms with Crippen molar-refractivity contribution in [2.75, 3.05) is 18.4 Å². The summed E-state index contributed by atoms with van der Waals surface area (Å²) in [6, 6.07) is 7.09. The number of imide groups is 1. The minimum atomic E-state index is -0.843. The molecule has 1 saturated heterocycles. The Morgan fingerprint density at radius 3 is 2.81 bits per heavy atom. The van der Waals surface area contributed by atoms with Crippen LogP contribution < -0.4 is 10.6 Å². The first-order valence-corrected chi connectivity index (χ1v) is 7.24. The lowest BCUT2D eigenvalue weighted by atomic mass is 10.0. The van der Waals surface area contributed by atoms with E-state index < -0.39 is 23.3 Å². The summed E-state index contributed by atoms with van der Waals surface area (Å²) in [5, 5.41) is 5.50. The minimum absolute atomic E-state index is 0.0445. The predicted octanol–water partition coefficient (Wildman–Crippen LogP) is 1.12. The molecule has 6 nitrogen and oxygen atoms in total. The number of nitrogens with zero attached hydrogens (tertiary/aromatic N) is 1. The Balaban J connectivity index is 2.04. The van der Waals surface area contributed by atoms with Gasteiger partial charge >= 0.3 is 0 Å². The molecule has 1 heterocycles. The highest BCUT2D eigenvalue weighted by atomic mass is 79.9. The van der Waals surface area contributed by atoms with E-state index in [1.54, 1.807) is 32.0 Å². The van der Waals surface area contributed by atoms with Crippen LogP contribution in [-0.4, -0.2) is 41.2 Å². The fraction of sp³-hybridized carbons (Fsp3) is 0.357. The first-order valence-electron chi connectivity index (χ1n) is 6.45. The van der Waals surface area contributed by atoms with Gasteiger partial charge in [0.1, 0.15) is 6.54 Å². The molecule has 0 unspecified atom stereocenters. The van der Waals surface area contributed by atoms with Crippen molar-refractivity contribution in [3.63, 3.8) is 0 Å². The highest BCUT2D eigenvalue weighted by molar-refractivity contribution is 9.10. The number of nitrogens with one attached hydrogen (secondary N) is 2. The number of amides is 3.